The zero-order chi connectivity index (χ0) is 14.5. The zero-order valence-electron chi connectivity index (χ0n) is 11.1. The van der Waals surface area contributed by atoms with Gasteiger partial charge in [-0.25, -0.2) is 0 Å². The topological polar surface area (TPSA) is 78.9 Å². The Bertz CT molecular complexity index is 656. The molecular weight excluding hydrogens is 250 g/mol. The largest absolute Gasteiger partial charge is 0.324 e. The van der Waals surface area contributed by atoms with Gasteiger partial charge in [0.2, 0.25) is 5.91 Å². The first-order valence-electron chi connectivity index (χ1n) is 6.23. The summed E-state index contributed by atoms with van der Waals surface area (Å²) in [6.07, 6.45) is 0. The van der Waals surface area contributed by atoms with Gasteiger partial charge in [0, 0.05) is 5.69 Å². The molecule has 0 aromatic heterocycles. The molecule has 0 aliphatic rings. The van der Waals surface area contributed by atoms with Crippen molar-refractivity contribution in [1.29, 1.82) is 5.26 Å². The molecule has 4 nitrogen and oxygen atoms in total. The number of nitriles is 1. The van der Waals surface area contributed by atoms with E-state index in [2.05, 4.69) is 5.32 Å². The predicted octanol–water partition coefficient (Wildman–Crippen LogP) is 2.51. The van der Waals surface area contributed by atoms with Crippen LogP contribution in [0.3, 0.4) is 0 Å². The number of carbonyl (C=O) groups excluding carboxylic acids is 1. The van der Waals surface area contributed by atoms with Crippen LogP contribution in [0.5, 0.6) is 0 Å². The highest BCUT2D eigenvalue weighted by molar-refractivity contribution is 5.95. The highest BCUT2D eigenvalue weighted by Crippen LogP contribution is 2.15. The molecule has 0 radical (unpaired) electrons. The average Bonchev–Trinajstić information content (AvgIpc) is 2.47. The fraction of sp³-hybridized carbons (Fsp3) is 0.125. The molecule has 20 heavy (non-hydrogen) atoms. The van der Waals surface area contributed by atoms with E-state index in [-0.39, 0.29) is 5.91 Å². The van der Waals surface area contributed by atoms with Crippen LogP contribution in [-0.2, 0) is 4.79 Å². The Morgan fingerprint density at radius 3 is 2.60 bits per heavy atom. The minimum absolute atomic E-state index is 0.302. The van der Waals surface area contributed by atoms with E-state index in [4.69, 9.17) is 11.0 Å². The Balaban J connectivity index is 2.11. The maximum atomic E-state index is 12.1. The van der Waals surface area contributed by atoms with E-state index in [0.29, 0.717) is 11.3 Å². The summed E-state index contributed by atoms with van der Waals surface area (Å²) in [5.41, 5.74) is 8.86. The Morgan fingerprint density at radius 2 is 1.95 bits per heavy atom. The second-order valence-corrected chi connectivity index (χ2v) is 4.57. The lowest BCUT2D eigenvalue weighted by atomic mass is 10.1. The lowest BCUT2D eigenvalue weighted by Gasteiger charge is -2.13. The molecule has 0 aliphatic carbocycles. The maximum Gasteiger partial charge on any atom is 0.245 e. The smallest absolute Gasteiger partial charge is 0.245 e. The number of hydrogen-bond donors (Lipinski definition) is 2. The molecule has 2 aromatic carbocycles. The summed E-state index contributed by atoms with van der Waals surface area (Å²) in [4.78, 5) is 12.1. The molecule has 100 valence electrons. The summed E-state index contributed by atoms with van der Waals surface area (Å²) in [7, 11) is 0. The molecule has 0 saturated carbocycles. The molecule has 2 rings (SSSR count). The fourth-order valence-corrected chi connectivity index (χ4v) is 1.81. The third kappa shape index (κ3) is 3.22. The zero-order valence-corrected chi connectivity index (χ0v) is 11.1. The van der Waals surface area contributed by atoms with Gasteiger partial charge in [0.15, 0.2) is 0 Å². The molecule has 3 N–H and O–H groups in total. The number of rotatable bonds is 3. The first-order valence-corrected chi connectivity index (χ1v) is 6.23. The number of aryl methyl sites for hydroxylation is 1. The number of amides is 1. The van der Waals surface area contributed by atoms with Crippen LogP contribution in [0.25, 0.3) is 0 Å². The number of nitrogens with two attached hydrogens (primary N) is 1. The minimum atomic E-state index is -0.735. The van der Waals surface area contributed by atoms with Gasteiger partial charge in [0.05, 0.1) is 11.6 Å². The summed E-state index contributed by atoms with van der Waals surface area (Å²) in [5.74, 6) is -0.302. The van der Waals surface area contributed by atoms with E-state index < -0.39 is 6.04 Å². The van der Waals surface area contributed by atoms with Crippen molar-refractivity contribution in [3.8, 4) is 6.07 Å². The Labute approximate surface area is 117 Å². The molecule has 1 unspecified atom stereocenters. The molecule has 0 spiro atoms. The summed E-state index contributed by atoms with van der Waals surface area (Å²) >= 11 is 0. The molecule has 0 bridgehead atoms. The molecular formula is C16H15N3O. The number of hydrogen-bond acceptors (Lipinski definition) is 3. The fourth-order valence-electron chi connectivity index (χ4n) is 1.81. The molecule has 1 amide bonds. The molecule has 1 atom stereocenters. The quantitative estimate of drug-likeness (QED) is 0.894. The van der Waals surface area contributed by atoms with Crippen LogP contribution < -0.4 is 11.1 Å². The second-order valence-electron chi connectivity index (χ2n) is 4.57. The van der Waals surface area contributed by atoms with Gasteiger partial charge < -0.3 is 11.1 Å². The number of benzene rings is 2. The minimum Gasteiger partial charge on any atom is -0.324 e. The number of anilines is 1. The predicted molar refractivity (Wildman–Crippen MR) is 77.9 cm³/mol. The van der Waals surface area contributed by atoms with Crippen LogP contribution in [0.2, 0.25) is 0 Å². The second kappa shape index (κ2) is 6.00. The van der Waals surface area contributed by atoms with Crippen molar-refractivity contribution >= 4 is 11.6 Å². The summed E-state index contributed by atoms with van der Waals surface area (Å²) < 4.78 is 0. The van der Waals surface area contributed by atoms with Crippen LogP contribution in [-0.4, -0.2) is 5.91 Å². The molecule has 4 heteroatoms. The average molecular weight is 265 g/mol. The van der Waals surface area contributed by atoms with Crippen molar-refractivity contribution in [3.05, 3.63) is 65.2 Å². The van der Waals surface area contributed by atoms with E-state index in [1.165, 1.54) is 0 Å². The van der Waals surface area contributed by atoms with Crippen molar-refractivity contribution in [1.82, 2.24) is 0 Å². The van der Waals surface area contributed by atoms with Crippen LogP contribution in [0, 0.1) is 18.3 Å². The SMILES string of the molecule is Cc1ccc(C(N)C(=O)Nc2cccc(C#N)c2)cc1. The monoisotopic (exact) mass is 265 g/mol. The summed E-state index contributed by atoms with van der Waals surface area (Å²) in [6.45, 7) is 1.97. The molecule has 0 fully saturated rings. The van der Waals surface area contributed by atoms with E-state index in [0.717, 1.165) is 11.1 Å². The van der Waals surface area contributed by atoms with Crippen LogP contribution in [0.15, 0.2) is 48.5 Å². The van der Waals surface area contributed by atoms with Crippen LogP contribution in [0.4, 0.5) is 5.69 Å². The van der Waals surface area contributed by atoms with Crippen LogP contribution >= 0.6 is 0 Å². The third-order valence-corrected chi connectivity index (χ3v) is 2.98. The first-order chi connectivity index (χ1) is 9.60. The number of nitrogens with one attached hydrogen (secondary N) is 1. The molecule has 0 saturated heterocycles. The van der Waals surface area contributed by atoms with Gasteiger partial charge in [-0.1, -0.05) is 35.9 Å². The standard InChI is InChI=1S/C16H15N3O/c1-11-5-7-13(8-6-11)15(18)16(20)19-14-4-2-3-12(9-14)10-17/h2-9,15H,18H2,1H3,(H,19,20). The van der Waals surface area contributed by atoms with Crippen LogP contribution in [0.1, 0.15) is 22.7 Å². The van der Waals surface area contributed by atoms with E-state index >= 15 is 0 Å². The lowest BCUT2D eigenvalue weighted by Crippen LogP contribution is -2.27. The van der Waals surface area contributed by atoms with Crippen molar-refractivity contribution in [2.24, 2.45) is 5.73 Å². The summed E-state index contributed by atoms with van der Waals surface area (Å²) in [6, 6.07) is 15.5. The molecule has 0 heterocycles. The van der Waals surface area contributed by atoms with Gasteiger partial charge in [-0.2, -0.15) is 5.26 Å². The normalized spacial score (nSPS) is 11.4. The Morgan fingerprint density at radius 1 is 1.25 bits per heavy atom. The van der Waals surface area contributed by atoms with Gasteiger partial charge in [-0.15, -0.1) is 0 Å². The van der Waals surface area contributed by atoms with Crippen molar-refractivity contribution in [2.75, 3.05) is 5.32 Å². The van der Waals surface area contributed by atoms with Crippen molar-refractivity contribution < 1.29 is 4.79 Å². The summed E-state index contributed by atoms with van der Waals surface area (Å²) in [5, 5.41) is 11.5. The van der Waals surface area contributed by atoms with Crippen molar-refractivity contribution in [2.45, 2.75) is 13.0 Å². The van der Waals surface area contributed by atoms with Gasteiger partial charge in [-0.3, -0.25) is 4.79 Å². The number of carbonyl (C=O) groups is 1. The molecule has 0 aliphatic heterocycles. The van der Waals surface area contributed by atoms with Crippen molar-refractivity contribution in [3.63, 3.8) is 0 Å². The van der Waals surface area contributed by atoms with E-state index in [1.54, 1.807) is 24.3 Å². The Hall–Kier alpha value is -2.64. The highest BCUT2D eigenvalue weighted by atomic mass is 16.2. The lowest BCUT2D eigenvalue weighted by molar-refractivity contribution is -0.117. The van der Waals surface area contributed by atoms with E-state index in [9.17, 15) is 4.79 Å². The third-order valence-electron chi connectivity index (χ3n) is 2.98. The highest BCUT2D eigenvalue weighted by Gasteiger charge is 2.15. The van der Waals surface area contributed by atoms with E-state index in [1.807, 2.05) is 37.3 Å². The van der Waals surface area contributed by atoms with Gasteiger partial charge in [0.25, 0.3) is 0 Å². The maximum absolute atomic E-state index is 12.1. The van der Waals surface area contributed by atoms with Gasteiger partial charge in [0.1, 0.15) is 6.04 Å². The molecule has 2 aromatic rings. The first kappa shape index (κ1) is 13.8. The number of nitrogens with zero attached hydrogens (tertiary/aromatic N) is 1. The van der Waals surface area contributed by atoms with Gasteiger partial charge >= 0.3 is 0 Å². The Kier molecular flexibility index (Phi) is 4.14. The van der Waals surface area contributed by atoms with Gasteiger partial charge in [-0.05, 0) is 30.7 Å².